The van der Waals surface area contributed by atoms with Gasteiger partial charge in [-0.2, -0.15) is 0 Å². The number of nitrogens with zero attached hydrogens (tertiary/aromatic N) is 1. The zero-order valence-corrected chi connectivity index (χ0v) is 20.4. The predicted octanol–water partition coefficient (Wildman–Crippen LogP) is 4.68. The van der Waals surface area contributed by atoms with Gasteiger partial charge in [-0.25, -0.2) is 9.59 Å². The third-order valence-electron chi connectivity index (χ3n) is 6.65. The van der Waals surface area contributed by atoms with E-state index >= 15 is 0 Å². The first-order chi connectivity index (χ1) is 17.4. The van der Waals surface area contributed by atoms with Crippen LogP contribution in [0.1, 0.15) is 54.4 Å². The largest absolute Gasteiger partial charge is 0.459 e. The van der Waals surface area contributed by atoms with Gasteiger partial charge >= 0.3 is 12.1 Å². The Morgan fingerprint density at radius 1 is 0.917 bits per heavy atom. The zero-order chi connectivity index (χ0) is 25.5. The smallest absolute Gasteiger partial charge is 0.412 e. The fourth-order valence-electron chi connectivity index (χ4n) is 4.55. The number of rotatable bonds is 5. The standard InChI is InChI=1S/C28H31N3O5/c1-35-28(34)30-26(29)22-10-6-20(7-11-22)21-8-12-23(13-9-21)27(33)31-16-14-19(15-17-31)18-25(32)36-24-4-2-3-5-24/h6-13,18,24H,2-5,14-17H2,1H3,(H2,29,30,34). The molecule has 2 aromatic rings. The fraction of sp³-hybridized carbons (Fsp3) is 0.357. The molecule has 0 spiro atoms. The van der Waals surface area contributed by atoms with E-state index in [0.717, 1.165) is 42.4 Å². The quantitative estimate of drug-likeness (QED) is 0.274. The van der Waals surface area contributed by atoms with Crippen LogP contribution in [0, 0.1) is 5.41 Å². The summed E-state index contributed by atoms with van der Waals surface area (Å²) in [6, 6.07) is 14.6. The van der Waals surface area contributed by atoms with Crippen LogP contribution in [-0.2, 0) is 14.3 Å². The minimum Gasteiger partial charge on any atom is -0.459 e. The van der Waals surface area contributed by atoms with Gasteiger partial charge in [0, 0.05) is 30.3 Å². The van der Waals surface area contributed by atoms with Crippen molar-refractivity contribution in [3.05, 3.63) is 71.3 Å². The Bertz CT molecular complexity index is 1140. The number of piperidine rings is 1. The first kappa shape index (κ1) is 25.2. The fourth-order valence-corrected chi connectivity index (χ4v) is 4.55. The van der Waals surface area contributed by atoms with Crippen molar-refractivity contribution >= 4 is 23.8 Å². The van der Waals surface area contributed by atoms with Gasteiger partial charge in [-0.3, -0.25) is 15.5 Å². The lowest BCUT2D eigenvalue weighted by Crippen LogP contribution is -2.36. The number of ether oxygens (including phenoxy) is 2. The lowest BCUT2D eigenvalue weighted by Gasteiger charge is -2.28. The molecule has 36 heavy (non-hydrogen) atoms. The van der Waals surface area contributed by atoms with E-state index in [1.807, 2.05) is 41.3 Å². The molecule has 1 saturated heterocycles. The van der Waals surface area contributed by atoms with Crippen LogP contribution >= 0.6 is 0 Å². The molecule has 2 N–H and O–H groups in total. The van der Waals surface area contributed by atoms with E-state index < -0.39 is 6.09 Å². The Kier molecular flexibility index (Phi) is 8.15. The average Bonchev–Trinajstić information content (AvgIpc) is 3.41. The molecule has 0 radical (unpaired) electrons. The molecule has 1 saturated carbocycles. The number of hydrogen-bond acceptors (Lipinski definition) is 6. The van der Waals surface area contributed by atoms with Crippen LogP contribution in [0.15, 0.2) is 60.2 Å². The molecule has 1 heterocycles. The second kappa shape index (κ2) is 11.7. The van der Waals surface area contributed by atoms with Gasteiger partial charge in [0.2, 0.25) is 0 Å². The number of benzene rings is 2. The van der Waals surface area contributed by atoms with Crippen molar-refractivity contribution in [2.45, 2.75) is 44.6 Å². The minimum absolute atomic E-state index is 0.0215. The van der Waals surface area contributed by atoms with Crippen molar-refractivity contribution in [1.29, 1.82) is 5.41 Å². The van der Waals surface area contributed by atoms with Gasteiger partial charge in [0.05, 0.1) is 7.11 Å². The SMILES string of the molecule is COC(=O)NC(=N)c1ccc(-c2ccc(C(=O)N3CCC(=CC(=O)OC4CCCC4)CC3)cc2)cc1. The van der Waals surface area contributed by atoms with E-state index in [-0.39, 0.29) is 23.8 Å². The molecular weight excluding hydrogens is 458 g/mol. The second-order valence-corrected chi connectivity index (χ2v) is 9.08. The summed E-state index contributed by atoms with van der Waals surface area (Å²) in [5.41, 5.74) is 4.08. The Balaban J connectivity index is 1.30. The third kappa shape index (κ3) is 6.38. The molecule has 1 aliphatic heterocycles. The Labute approximate surface area is 210 Å². The Morgan fingerprint density at radius 2 is 1.47 bits per heavy atom. The Hall–Kier alpha value is -3.94. The summed E-state index contributed by atoms with van der Waals surface area (Å²) in [4.78, 5) is 38.2. The van der Waals surface area contributed by atoms with E-state index in [9.17, 15) is 14.4 Å². The zero-order valence-electron chi connectivity index (χ0n) is 20.4. The maximum absolute atomic E-state index is 13.0. The minimum atomic E-state index is -0.688. The van der Waals surface area contributed by atoms with Crippen molar-refractivity contribution < 1.29 is 23.9 Å². The summed E-state index contributed by atoms with van der Waals surface area (Å²) in [5.74, 6) is -0.316. The Morgan fingerprint density at radius 3 is 2.03 bits per heavy atom. The van der Waals surface area contributed by atoms with Crippen LogP contribution in [0.3, 0.4) is 0 Å². The van der Waals surface area contributed by atoms with Crippen LogP contribution in [0.4, 0.5) is 4.79 Å². The average molecular weight is 490 g/mol. The summed E-state index contributed by atoms with van der Waals surface area (Å²) < 4.78 is 10.0. The molecule has 4 rings (SSSR count). The molecule has 0 bridgehead atoms. The van der Waals surface area contributed by atoms with E-state index in [1.54, 1.807) is 18.2 Å². The van der Waals surface area contributed by atoms with Gasteiger partial charge in [-0.1, -0.05) is 42.0 Å². The second-order valence-electron chi connectivity index (χ2n) is 9.08. The number of methoxy groups -OCH3 is 1. The molecule has 1 aliphatic carbocycles. The normalized spacial score (nSPS) is 15.8. The summed E-state index contributed by atoms with van der Waals surface area (Å²) in [6.45, 7) is 1.16. The van der Waals surface area contributed by atoms with E-state index in [1.165, 1.54) is 7.11 Å². The van der Waals surface area contributed by atoms with E-state index in [2.05, 4.69) is 10.1 Å². The van der Waals surface area contributed by atoms with Crippen molar-refractivity contribution in [3.63, 3.8) is 0 Å². The van der Waals surface area contributed by atoms with Gasteiger partial charge in [0.1, 0.15) is 11.9 Å². The van der Waals surface area contributed by atoms with Crippen LogP contribution in [0.5, 0.6) is 0 Å². The maximum Gasteiger partial charge on any atom is 0.412 e. The molecule has 8 nitrogen and oxygen atoms in total. The molecule has 2 amide bonds. The van der Waals surface area contributed by atoms with Crippen molar-refractivity contribution in [2.24, 2.45) is 0 Å². The highest BCUT2D eigenvalue weighted by Crippen LogP contribution is 2.24. The lowest BCUT2D eigenvalue weighted by atomic mass is 10.0. The number of amides is 2. The van der Waals surface area contributed by atoms with Gasteiger partial charge in [-0.15, -0.1) is 0 Å². The van der Waals surface area contributed by atoms with Crippen LogP contribution < -0.4 is 5.32 Å². The van der Waals surface area contributed by atoms with Crippen LogP contribution in [0.25, 0.3) is 11.1 Å². The molecule has 2 aromatic carbocycles. The maximum atomic E-state index is 13.0. The number of amidine groups is 1. The van der Waals surface area contributed by atoms with Gasteiger partial charge < -0.3 is 14.4 Å². The number of esters is 1. The number of carbonyl (C=O) groups excluding carboxylic acids is 3. The molecule has 2 aliphatic rings. The van der Waals surface area contributed by atoms with Crippen LogP contribution in [0.2, 0.25) is 0 Å². The first-order valence-corrected chi connectivity index (χ1v) is 12.3. The third-order valence-corrected chi connectivity index (χ3v) is 6.65. The van der Waals surface area contributed by atoms with Crippen LogP contribution in [-0.4, -0.2) is 55.0 Å². The number of alkyl carbamates (subject to hydrolysis) is 1. The number of nitrogens with one attached hydrogen (secondary N) is 2. The molecule has 188 valence electrons. The highest BCUT2D eigenvalue weighted by Gasteiger charge is 2.22. The highest BCUT2D eigenvalue weighted by molar-refractivity contribution is 6.04. The summed E-state index contributed by atoms with van der Waals surface area (Å²) in [6.07, 6.45) is 6.52. The van der Waals surface area contributed by atoms with E-state index in [4.69, 9.17) is 10.1 Å². The molecule has 8 heteroatoms. The predicted molar refractivity (Wildman–Crippen MR) is 136 cm³/mol. The summed E-state index contributed by atoms with van der Waals surface area (Å²) in [7, 11) is 1.25. The number of hydrogen-bond donors (Lipinski definition) is 2. The van der Waals surface area contributed by atoms with Gasteiger partial charge in [0.25, 0.3) is 5.91 Å². The number of likely N-dealkylation sites (tertiary alicyclic amines) is 1. The molecule has 0 unspecified atom stereocenters. The molecule has 0 atom stereocenters. The lowest BCUT2D eigenvalue weighted by molar-refractivity contribution is -0.142. The molecule has 2 fully saturated rings. The molecular formula is C28H31N3O5. The van der Waals surface area contributed by atoms with Crippen molar-refractivity contribution in [1.82, 2.24) is 10.2 Å². The first-order valence-electron chi connectivity index (χ1n) is 12.3. The van der Waals surface area contributed by atoms with Gasteiger partial charge in [0.15, 0.2) is 0 Å². The molecule has 0 aromatic heterocycles. The highest BCUT2D eigenvalue weighted by atomic mass is 16.5. The number of carbonyl (C=O) groups is 3. The van der Waals surface area contributed by atoms with Gasteiger partial charge in [-0.05, 0) is 61.8 Å². The van der Waals surface area contributed by atoms with Crippen molar-refractivity contribution in [3.8, 4) is 11.1 Å². The monoisotopic (exact) mass is 489 g/mol. The summed E-state index contributed by atoms with van der Waals surface area (Å²) >= 11 is 0. The summed E-state index contributed by atoms with van der Waals surface area (Å²) in [5, 5.41) is 10.3. The van der Waals surface area contributed by atoms with Crippen molar-refractivity contribution in [2.75, 3.05) is 20.2 Å². The van der Waals surface area contributed by atoms with E-state index in [0.29, 0.717) is 37.1 Å². The topological polar surface area (TPSA) is 109 Å².